The molecule has 0 fully saturated rings. The molecule has 0 spiro atoms. The molecular formula is C13H14O6. The van der Waals surface area contributed by atoms with Gasteiger partial charge in [0.15, 0.2) is 0 Å². The van der Waals surface area contributed by atoms with Crippen molar-refractivity contribution >= 4 is 11.9 Å². The zero-order valence-electron chi connectivity index (χ0n) is 10.2. The number of ether oxygens (including phenoxy) is 1. The van der Waals surface area contributed by atoms with E-state index in [1.807, 2.05) is 0 Å². The molecule has 0 bridgehead atoms. The average molecular weight is 266 g/mol. The molecular weight excluding hydrogens is 252 g/mol. The van der Waals surface area contributed by atoms with Gasteiger partial charge in [-0.2, -0.15) is 0 Å². The van der Waals surface area contributed by atoms with Crippen LogP contribution in [0.3, 0.4) is 0 Å². The fourth-order valence-electron chi connectivity index (χ4n) is 1.25. The predicted octanol–water partition coefficient (Wildman–Crippen LogP) is 1.56. The minimum Gasteiger partial charge on any atom is -0.478 e. The van der Waals surface area contributed by atoms with Gasteiger partial charge in [0.2, 0.25) is 0 Å². The molecule has 1 rings (SSSR count). The van der Waals surface area contributed by atoms with Crippen molar-refractivity contribution in [3.63, 3.8) is 0 Å². The number of hydrogen-bond acceptors (Lipinski definition) is 5. The van der Waals surface area contributed by atoms with Crippen molar-refractivity contribution in [1.29, 1.82) is 0 Å². The highest BCUT2D eigenvalue weighted by atomic mass is 17.2. The number of benzene rings is 1. The maximum absolute atomic E-state index is 10.9. The first kappa shape index (κ1) is 14.9. The van der Waals surface area contributed by atoms with E-state index in [1.165, 1.54) is 6.07 Å². The van der Waals surface area contributed by atoms with Crippen molar-refractivity contribution in [2.75, 3.05) is 13.2 Å². The number of esters is 1. The molecule has 0 atom stereocenters. The van der Waals surface area contributed by atoms with Crippen LogP contribution < -0.4 is 0 Å². The first-order chi connectivity index (χ1) is 9.15. The normalized spacial score (nSPS) is 9.89. The zero-order chi connectivity index (χ0) is 14.1. The Kier molecular flexibility index (Phi) is 6.28. The van der Waals surface area contributed by atoms with E-state index in [2.05, 4.69) is 11.3 Å². The molecule has 0 heterocycles. The largest absolute Gasteiger partial charge is 0.478 e. The Morgan fingerprint density at radius 2 is 1.95 bits per heavy atom. The first-order valence-corrected chi connectivity index (χ1v) is 5.50. The van der Waals surface area contributed by atoms with Gasteiger partial charge in [0.1, 0.15) is 19.8 Å². The third kappa shape index (κ3) is 5.33. The fourth-order valence-corrected chi connectivity index (χ4v) is 1.25. The summed E-state index contributed by atoms with van der Waals surface area (Å²) >= 11 is 0. The summed E-state index contributed by atoms with van der Waals surface area (Å²) in [6.45, 7) is 3.32. The number of aromatic carboxylic acids is 1. The van der Waals surface area contributed by atoms with Crippen molar-refractivity contribution in [1.82, 2.24) is 0 Å². The monoisotopic (exact) mass is 266 g/mol. The first-order valence-electron chi connectivity index (χ1n) is 5.50. The van der Waals surface area contributed by atoms with Crippen LogP contribution in [0.5, 0.6) is 0 Å². The molecule has 0 aliphatic rings. The standard InChI is InChI=1S/C13H14O6/c1-2-12(14)17-7-8-18-19-9-10-5-3-4-6-11(10)13(15)16/h2-6H,1,7-9H2,(H,15,16). The summed E-state index contributed by atoms with van der Waals surface area (Å²) in [7, 11) is 0. The molecule has 1 aromatic carbocycles. The van der Waals surface area contributed by atoms with Gasteiger partial charge in [-0.15, -0.1) is 0 Å². The number of hydrogen-bond donors (Lipinski definition) is 1. The lowest BCUT2D eigenvalue weighted by Crippen LogP contribution is -2.09. The second kappa shape index (κ2) is 8.02. The van der Waals surface area contributed by atoms with Crippen molar-refractivity contribution < 1.29 is 29.2 Å². The summed E-state index contributed by atoms with van der Waals surface area (Å²) in [4.78, 5) is 31.2. The summed E-state index contributed by atoms with van der Waals surface area (Å²) in [5.41, 5.74) is 0.655. The number of carboxylic acid groups (broad SMARTS) is 1. The van der Waals surface area contributed by atoms with Crippen LogP contribution >= 0.6 is 0 Å². The van der Waals surface area contributed by atoms with E-state index in [-0.39, 0.29) is 25.4 Å². The molecule has 0 saturated carbocycles. The van der Waals surface area contributed by atoms with Crippen LogP contribution in [0.15, 0.2) is 36.9 Å². The van der Waals surface area contributed by atoms with E-state index in [1.54, 1.807) is 18.2 Å². The van der Waals surface area contributed by atoms with Gasteiger partial charge in [-0.25, -0.2) is 19.4 Å². The molecule has 0 radical (unpaired) electrons. The SMILES string of the molecule is C=CC(=O)OCCOOCc1ccccc1C(=O)O. The van der Waals surface area contributed by atoms with Crippen molar-refractivity contribution in [3.8, 4) is 0 Å². The molecule has 0 unspecified atom stereocenters. The van der Waals surface area contributed by atoms with E-state index in [0.29, 0.717) is 5.56 Å². The van der Waals surface area contributed by atoms with Gasteiger partial charge >= 0.3 is 11.9 Å². The van der Waals surface area contributed by atoms with Crippen molar-refractivity contribution in [2.45, 2.75) is 6.61 Å². The van der Waals surface area contributed by atoms with Crippen LogP contribution in [0, 0.1) is 0 Å². The Balaban J connectivity index is 2.28. The van der Waals surface area contributed by atoms with Gasteiger partial charge in [0.25, 0.3) is 0 Å². The summed E-state index contributed by atoms with van der Waals surface area (Å²) in [6, 6.07) is 6.44. The van der Waals surface area contributed by atoms with E-state index in [9.17, 15) is 9.59 Å². The minimum absolute atomic E-state index is 0.00211. The lowest BCUT2D eigenvalue weighted by atomic mass is 10.1. The quantitative estimate of drug-likeness (QED) is 0.253. The Morgan fingerprint density at radius 1 is 1.21 bits per heavy atom. The highest BCUT2D eigenvalue weighted by Gasteiger charge is 2.08. The number of carbonyl (C=O) groups excluding carboxylic acids is 1. The minimum atomic E-state index is -1.03. The lowest BCUT2D eigenvalue weighted by Gasteiger charge is -2.06. The molecule has 6 nitrogen and oxygen atoms in total. The van der Waals surface area contributed by atoms with Crippen molar-refractivity contribution in [3.05, 3.63) is 48.0 Å². The average Bonchev–Trinajstić information content (AvgIpc) is 2.42. The Bertz CT molecular complexity index is 454. The molecule has 0 aromatic heterocycles. The van der Waals surface area contributed by atoms with E-state index < -0.39 is 11.9 Å². The second-order valence-electron chi connectivity index (χ2n) is 3.42. The van der Waals surface area contributed by atoms with Crippen LogP contribution in [0.25, 0.3) is 0 Å². The molecule has 0 amide bonds. The number of carboxylic acids is 1. The van der Waals surface area contributed by atoms with Crippen LogP contribution in [-0.4, -0.2) is 30.3 Å². The van der Waals surface area contributed by atoms with Crippen LogP contribution in [0.2, 0.25) is 0 Å². The molecule has 0 aliphatic heterocycles. The maximum Gasteiger partial charge on any atom is 0.336 e. The van der Waals surface area contributed by atoms with Gasteiger partial charge in [0, 0.05) is 6.08 Å². The number of carbonyl (C=O) groups is 2. The van der Waals surface area contributed by atoms with Crippen molar-refractivity contribution in [2.24, 2.45) is 0 Å². The smallest absolute Gasteiger partial charge is 0.336 e. The van der Waals surface area contributed by atoms with Gasteiger partial charge in [-0.05, 0) is 11.6 Å². The Hall–Kier alpha value is -2.18. The van der Waals surface area contributed by atoms with Crippen LogP contribution in [0.1, 0.15) is 15.9 Å². The molecule has 19 heavy (non-hydrogen) atoms. The Morgan fingerprint density at radius 3 is 2.63 bits per heavy atom. The van der Waals surface area contributed by atoms with Crippen LogP contribution in [-0.2, 0) is 25.9 Å². The van der Waals surface area contributed by atoms with Gasteiger partial charge < -0.3 is 9.84 Å². The molecule has 102 valence electrons. The molecule has 6 heteroatoms. The van der Waals surface area contributed by atoms with Gasteiger partial charge in [0.05, 0.1) is 5.56 Å². The number of rotatable bonds is 8. The van der Waals surface area contributed by atoms with E-state index in [0.717, 1.165) is 6.08 Å². The second-order valence-corrected chi connectivity index (χ2v) is 3.42. The predicted molar refractivity (Wildman–Crippen MR) is 65.3 cm³/mol. The highest BCUT2D eigenvalue weighted by molar-refractivity contribution is 5.89. The molecule has 0 saturated heterocycles. The molecule has 1 aromatic rings. The summed E-state index contributed by atoms with van der Waals surface area (Å²) < 4.78 is 4.65. The summed E-state index contributed by atoms with van der Waals surface area (Å²) in [5, 5.41) is 8.93. The van der Waals surface area contributed by atoms with Gasteiger partial charge in [-0.1, -0.05) is 24.8 Å². The Labute approximate surface area is 110 Å². The molecule has 1 N–H and O–H groups in total. The van der Waals surface area contributed by atoms with E-state index >= 15 is 0 Å². The fraction of sp³-hybridized carbons (Fsp3) is 0.231. The third-order valence-electron chi connectivity index (χ3n) is 2.12. The third-order valence-corrected chi connectivity index (χ3v) is 2.12. The summed E-state index contributed by atoms with van der Waals surface area (Å²) in [6.07, 6.45) is 1.05. The highest BCUT2D eigenvalue weighted by Crippen LogP contribution is 2.10. The van der Waals surface area contributed by atoms with E-state index in [4.69, 9.17) is 14.9 Å². The summed E-state index contributed by atoms with van der Waals surface area (Å²) in [5.74, 6) is -1.57. The molecule has 0 aliphatic carbocycles. The zero-order valence-corrected chi connectivity index (χ0v) is 10.2. The maximum atomic E-state index is 10.9. The topological polar surface area (TPSA) is 82.1 Å². The van der Waals surface area contributed by atoms with Crippen LogP contribution in [0.4, 0.5) is 0 Å². The lowest BCUT2D eigenvalue weighted by molar-refractivity contribution is -0.307. The van der Waals surface area contributed by atoms with Gasteiger partial charge in [-0.3, -0.25) is 0 Å².